The van der Waals surface area contributed by atoms with Gasteiger partial charge in [-0.25, -0.2) is 0 Å². The summed E-state index contributed by atoms with van der Waals surface area (Å²) in [7, 11) is 0. The number of rotatable bonds is 5. The number of carbonyl (C=O) groups excluding carboxylic acids is 1. The van der Waals surface area contributed by atoms with Crippen molar-refractivity contribution in [1.29, 1.82) is 0 Å². The molecule has 1 atom stereocenters. The van der Waals surface area contributed by atoms with Gasteiger partial charge in [-0.3, -0.25) is 14.9 Å². The number of hydrogen-bond donors (Lipinski definition) is 1. The quantitative estimate of drug-likeness (QED) is 0.657. The zero-order chi connectivity index (χ0) is 16.1. The maximum atomic E-state index is 12.1. The van der Waals surface area contributed by atoms with Crippen LogP contribution in [0.5, 0.6) is 5.75 Å². The Bertz CT molecular complexity index is 539. The van der Waals surface area contributed by atoms with Crippen molar-refractivity contribution in [2.45, 2.75) is 25.8 Å². The summed E-state index contributed by atoms with van der Waals surface area (Å²) in [4.78, 5) is 24.2. The first-order chi connectivity index (χ1) is 10.5. The summed E-state index contributed by atoms with van der Waals surface area (Å²) in [5.41, 5.74) is 5.74. The third-order valence-corrected chi connectivity index (χ3v) is 4.05. The molecule has 22 heavy (non-hydrogen) atoms. The lowest BCUT2D eigenvalue weighted by atomic mass is 9.91. The van der Waals surface area contributed by atoms with E-state index >= 15 is 0 Å². The van der Waals surface area contributed by atoms with Gasteiger partial charge in [-0.1, -0.05) is 12.1 Å². The Kier molecular flexibility index (Phi) is 5.32. The van der Waals surface area contributed by atoms with E-state index in [1.807, 2.05) is 6.92 Å². The molecule has 0 aromatic heterocycles. The monoisotopic (exact) mass is 307 g/mol. The summed E-state index contributed by atoms with van der Waals surface area (Å²) in [5.74, 6) is 0.410. The molecule has 1 fully saturated rings. The molecule has 2 rings (SSSR count). The lowest BCUT2D eigenvalue weighted by Gasteiger charge is -2.33. The summed E-state index contributed by atoms with van der Waals surface area (Å²) in [6.07, 6.45) is 1.77. The second kappa shape index (κ2) is 7.22. The molecule has 1 aromatic carbocycles. The molecule has 1 unspecified atom stereocenters. The van der Waals surface area contributed by atoms with Crippen molar-refractivity contribution in [1.82, 2.24) is 4.90 Å². The number of nitro benzene ring substituents is 1. The zero-order valence-corrected chi connectivity index (χ0v) is 12.6. The molecule has 0 spiro atoms. The van der Waals surface area contributed by atoms with Crippen LogP contribution in [0.3, 0.4) is 0 Å². The number of nitrogens with two attached hydrogens (primary N) is 1. The highest BCUT2D eigenvalue weighted by Gasteiger charge is 2.25. The van der Waals surface area contributed by atoms with Gasteiger partial charge in [-0.05, 0) is 31.7 Å². The van der Waals surface area contributed by atoms with E-state index in [9.17, 15) is 14.9 Å². The summed E-state index contributed by atoms with van der Waals surface area (Å²) in [6.45, 7) is 3.12. The van der Waals surface area contributed by atoms with Crippen LogP contribution < -0.4 is 10.5 Å². The standard InChI is InChI=1S/C15H21N3O4/c1-11(16)12-6-8-17(9-7-12)15(19)10-22-14-5-3-2-4-13(14)18(20)21/h2-5,11-12H,6-10,16H2,1H3. The molecule has 0 saturated carbocycles. The number of nitrogens with zero attached hydrogens (tertiary/aromatic N) is 2. The summed E-state index contributed by atoms with van der Waals surface area (Å²) in [5, 5.41) is 10.9. The van der Waals surface area contributed by atoms with E-state index in [0.717, 1.165) is 12.8 Å². The topological polar surface area (TPSA) is 98.7 Å². The third-order valence-electron chi connectivity index (χ3n) is 4.05. The van der Waals surface area contributed by atoms with E-state index in [-0.39, 0.29) is 30.0 Å². The predicted molar refractivity (Wildman–Crippen MR) is 81.5 cm³/mol. The van der Waals surface area contributed by atoms with Crippen LogP contribution in [0.4, 0.5) is 5.69 Å². The number of amides is 1. The maximum Gasteiger partial charge on any atom is 0.310 e. The predicted octanol–water partition coefficient (Wildman–Crippen LogP) is 1.56. The van der Waals surface area contributed by atoms with E-state index in [1.165, 1.54) is 12.1 Å². The Labute approximate surface area is 129 Å². The highest BCUT2D eigenvalue weighted by molar-refractivity contribution is 5.78. The Hall–Kier alpha value is -2.15. The first kappa shape index (κ1) is 16.2. The van der Waals surface area contributed by atoms with Gasteiger partial charge in [-0.15, -0.1) is 0 Å². The molecule has 1 aliphatic heterocycles. The van der Waals surface area contributed by atoms with E-state index in [0.29, 0.717) is 19.0 Å². The van der Waals surface area contributed by atoms with Crippen LogP contribution in [0.2, 0.25) is 0 Å². The minimum absolute atomic E-state index is 0.117. The molecule has 7 heteroatoms. The minimum atomic E-state index is -0.520. The average molecular weight is 307 g/mol. The molecule has 1 heterocycles. The van der Waals surface area contributed by atoms with Crippen LogP contribution in [0.1, 0.15) is 19.8 Å². The number of carbonyl (C=O) groups is 1. The van der Waals surface area contributed by atoms with Crippen LogP contribution in [0, 0.1) is 16.0 Å². The van der Waals surface area contributed by atoms with Crippen molar-refractivity contribution < 1.29 is 14.5 Å². The van der Waals surface area contributed by atoms with Gasteiger partial charge in [-0.2, -0.15) is 0 Å². The van der Waals surface area contributed by atoms with E-state index in [2.05, 4.69) is 0 Å². The normalized spacial score (nSPS) is 17.1. The Morgan fingerprint density at radius 2 is 2.09 bits per heavy atom. The van der Waals surface area contributed by atoms with Crippen LogP contribution in [-0.2, 0) is 4.79 Å². The summed E-state index contributed by atoms with van der Waals surface area (Å²) < 4.78 is 5.33. The number of ether oxygens (including phenoxy) is 1. The smallest absolute Gasteiger partial charge is 0.310 e. The van der Waals surface area contributed by atoms with Gasteiger partial charge >= 0.3 is 5.69 Å². The lowest BCUT2D eigenvalue weighted by molar-refractivity contribution is -0.385. The van der Waals surface area contributed by atoms with Crippen molar-refractivity contribution in [3.8, 4) is 5.75 Å². The fourth-order valence-electron chi connectivity index (χ4n) is 2.64. The Morgan fingerprint density at radius 1 is 1.45 bits per heavy atom. The van der Waals surface area contributed by atoms with Crippen LogP contribution in [0.15, 0.2) is 24.3 Å². The van der Waals surface area contributed by atoms with Gasteiger partial charge < -0.3 is 15.4 Å². The van der Waals surface area contributed by atoms with Crippen LogP contribution >= 0.6 is 0 Å². The third kappa shape index (κ3) is 3.94. The lowest BCUT2D eigenvalue weighted by Crippen LogP contribution is -2.44. The van der Waals surface area contributed by atoms with Crippen molar-refractivity contribution >= 4 is 11.6 Å². The van der Waals surface area contributed by atoms with Crippen LogP contribution in [0.25, 0.3) is 0 Å². The van der Waals surface area contributed by atoms with E-state index < -0.39 is 4.92 Å². The van der Waals surface area contributed by atoms with Gasteiger partial charge in [0.2, 0.25) is 0 Å². The summed E-state index contributed by atoms with van der Waals surface area (Å²) >= 11 is 0. The van der Waals surface area contributed by atoms with Gasteiger partial charge in [0.05, 0.1) is 4.92 Å². The molecule has 7 nitrogen and oxygen atoms in total. The number of hydrogen-bond acceptors (Lipinski definition) is 5. The fraction of sp³-hybridized carbons (Fsp3) is 0.533. The van der Waals surface area contributed by atoms with Crippen molar-refractivity contribution in [3.05, 3.63) is 34.4 Å². The Morgan fingerprint density at radius 3 is 2.68 bits per heavy atom. The number of para-hydroxylation sites is 2. The number of piperidine rings is 1. The molecule has 0 radical (unpaired) electrons. The zero-order valence-electron chi connectivity index (χ0n) is 12.6. The second-order valence-electron chi connectivity index (χ2n) is 5.59. The molecular formula is C15H21N3O4. The molecule has 120 valence electrons. The molecule has 1 aliphatic rings. The molecule has 1 saturated heterocycles. The number of nitro groups is 1. The molecule has 1 aromatic rings. The van der Waals surface area contributed by atoms with Gasteiger partial charge in [0, 0.05) is 25.2 Å². The van der Waals surface area contributed by atoms with Gasteiger partial charge in [0.15, 0.2) is 12.4 Å². The minimum Gasteiger partial charge on any atom is -0.477 e. The highest BCUT2D eigenvalue weighted by atomic mass is 16.6. The largest absolute Gasteiger partial charge is 0.477 e. The van der Waals surface area contributed by atoms with Gasteiger partial charge in [0.1, 0.15) is 0 Å². The maximum absolute atomic E-state index is 12.1. The first-order valence-corrected chi connectivity index (χ1v) is 7.38. The van der Waals surface area contributed by atoms with E-state index in [1.54, 1.807) is 17.0 Å². The molecule has 2 N–H and O–H groups in total. The molecule has 1 amide bonds. The van der Waals surface area contributed by atoms with Crippen molar-refractivity contribution in [3.63, 3.8) is 0 Å². The highest BCUT2D eigenvalue weighted by Crippen LogP contribution is 2.26. The summed E-state index contributed by atoms with van der Waals surface area (Å²) in [6, 6.07) is 6.19. The Balaban J connectivity index is 1.88. The number of likely N-dealkylation sites (tertiary alicyclic amines) is 1. The van der Waals surface area contributed by atoms with Crippen molar-refractivity contribution in [2.75, 3.05) is 19.7 Å². The van der Waals surface area contributed by atoms with E-state index in [4.69, 9.17) is 10.5 Å². The first-order valence-electron chi connectivity index (χ1n) is 7.38. The SMILES string of the molecule is CC(N)C1CCN(C(=O)COc2ccccc2[N+](=O)[O-])CC1. The molecular weight excluding hydrogens is 286 g/mol. The van der Waals surface area contributed by atoms with Gasteiger partial charge in [0.25, 0.3) is 5.91 Å². The fourth-order valence-corrected chi connectivity index (χ4v) is 2.64. The second-order valence-corrected chi connectivity index (χ2v) is 5.59. The molecule has 0 bridgehead atoms. The van der Waals surface area contributed by atoms with Crippen LogP contribution in [-0.4, -0.2) is 41.5 Å². The number of benzene rings is 1. The molecule has 0 aliphatic carbocycles. The average Bonchev–Trinajstić information content (AvgIpc) is 2.52. The van der Waals surface area contributed by atoms with Crippen molar-refractivity contribution in [2.24, 2.45) is 11.7 Å².